The molecule has 2 atom stereocenters. The molecule has 1 aliphatic heterocycles. The smallest absolute Gasteiger partial charge is 0.382 e. The molecule has 4 rings (SSSR count). The van der Waals surface area contributed by atoms with Gasteiger partial charge < -0.3 is 16.0 Å². The molecular weight excluding hydrogens is 470 g/mol. The van der Waals surface area contributed by atoms with Crippen molar-refractivity contribution in [3.05, 3.63) is 41.5 Å². The Labute approximate surface area is 197 Å². The summed E-state index contributed by atoms with van der Waals surface area (Å²) >= 11 is 0. The van der Waals surface area contributed by atoms with Crippen LogP contribution in [0.2, 0.25) is 0 Å². The lowest BCUT2D eigenvalue weighted by atomic mass is 10.1. The van der Waals surface area contributed by atoms with Gasteiger partial charge in [0.25, 0.3) is 5.91 Å². The van der Waals surface area contributed by atoms with Crippen molar-refractivity contribution in [2.45, 2.75) is 39.2 Å². The minimum atomic E-state index is -4.72. The number of nitrogens with two attached hydrogens (primary N) is 1. The highest BCUT2D eigenvalue weighted by atomic mass is 19.4. The molecule has 2 amide bonds. The first kappa shape index (κ1) is 24.4. The van der Waals surface area contributed by atoms with Crippen LogP contribution in [0.25, 0.3) is 16.8 Å². The van der Waals surface area contributed by atoms with E-state index in [0.29, 0.717) is 5.69 Å². The summed E-state index contributed by atoms with van der Waals surface area (Å²) in [5.74, 6) is -1.54. The topological polar surface area (TPSA) is 119 Å². The van der Waals surface area contributed by atoms with Gasteiger partial charge in [-0.15, -0.1) is 0 Å². The van der Waals surface area contributed by atoms with Crippen LogP contribution in [0.1, 0.15) is 35.5 Å². The van der Waals surface area contributed by atoms with Crippen LogP contribution in [0.4, 0.5) is 23.4 Å². The molecule has 0 radical (unpaired) electrons. The Morgan fingerprint density at radius 3 is 2.57 bits per heavy atom. The highest BCUT2D eigenvalue weighted by Gasteiger charge is 2.38. The summed E-state index contributed by atoms with van der Waals surface area (Å²) in [5, 5.41) is 6.48. The lowest BCUT2D eigenvalue weighted by molar-refractivity contribution is -0.136. The fraction of sp³-hybridized carbons (Fsp3) is 0.409. The number of rotatable bonds is 4. The third-order valence-corrected chi connectivity index (χ3v) is 5.89. The van der Waals surface area contributed by atoms with Gasteiger partial charge in [0, 0.05) is 24.2 Å². The standard InChI is InChI=1S/C22H23F4N7O2/c1-10(2)21(35)32-7-15(23)16(8-32)31-20(34)13-4-12(6-28-11(13)3)17-5-14(22(24,25)26)18-19(27)29-9-30-33(17)18/h4-6,9-10,15-16H,7-8H2,1-3H3,(H,31,34)(H2,27,29,30)/t15-,16+/m0/s1. The largest absolute Gasteiger partial charge is 0.418 e. The number of nitrogen functional groups attached to an aromatic ring is 1. The molecule has 3 aromatic heterocycles. The van der Waals surface area contributed by atoms with Crippen molar-refractivity contribution in [3.63, 3.8) is 0 Å². The van der Waals surface area contributed by atoms with Gasteiger partial charge in [-0.3, -0.25) is 14.6 Å². The fourth-order valence-corrected chi connectivity index (χ4v) is 4.08. The van der Waals surface area contributed by atoms with E-state index in [4.69, 9.17) is 5.73 Å². The highest BCUT2D eigenvalue weighted by molar-refractivity contribution is 5.96. The molecule has 13 heteroatoms. The number of likely N-dealkylation sites (tertiary alicyclic amines) is 1. The summed E-state index contributed by atoms with van der Waals surface area (Å²) < 4.78 is 56.4. The first-order chi connectivity index (χ1) is 16.4. The van der Waals surface area contributed by atoms with Gasteiger partial charge in [0.2, 0.25) is 5.91 Å². The third-order valence-electron chi connectivity index (χ3n) is 5.89. The van der Waals surface area contributed by atoms with Crippen molar-refractivity contribution >= 4 is 23.1 Å². The Balaban J connectivity index is 1.67. The number of halogens is 4. The van der Waals surface area contributed by atoms with Crippen LogP contribution < -0.4 is 11.1 Å². The second kappa shape index (κ2) is 8.78. The van der Waals surface area contributed by atoms with Gasteiger partial charge in [0.15, 0.2) is 5.82 Å². The molecule has 0 bridgehead atoms. The van der Waals surface area contributed by atoms with Gasteiger partial charge >= 0.3 is 6.18 Å². The Morgan fingerprint density at radius 1 is 1.20 bits per heavy atom. The van der Waals surface area contributed by atoms with Gasteiger partial charge in [-0.05, 0) is 19.1 Å². The Kier molecular flexibility index (Phi) is 6.11. The molecule has 4 heterocycles. The van der Waals surface area contributed by atoms with E-state index in [9.17, 15) is 27.2 Å². The molecule has 0 aromatic carbocycles. The molecule has 0 aliphatic carbocycles. The molecule has 3 N–H and O–H groups in total. The lowest BCUT2D eigenvalue weighted by Crippen LogP contribution is -2.42. The second-order valence-electron chi connectivity index (χ2n) is 8.70. The maximum atomic E-state index is 14.5. The van der Waals surface area contributed by atoms with Crippen molar-refractivity contribution in [2.24, 2.45) is 5.92 Å². The Morgan fingerprint density at radius 2 is 1.91 bits per heavy atom. The van der Waals surface area contributed by atoms with E-state index in [1.54, 1.807) is 20.8 Å². The average Bonchev–Trinajstić information content (AvgIpc) is 3.35. The van der Waals surface area contributed by atoms with Gasteiger partial charge in [-0.2, -0.15) is 18.3 Å². The minimum absolute atomic E-state index is 0.000847. The SMILES string of the molecule is Cc1ncc(-c2cc(C(F)(F)F)c3c(N)ncnn23)cc1C(=O)N[C@@H]1CN(C(=O)C(C)C)C[C@@H]1F. The number of amides is 2. The summed E-state index contributed by atoms with van der Waals surface area (Å²) in [5.41, 5.74) is 4.76. The van der Waals surface area contributed by atoms with Crippen molar-refractivity contribution in [3.8, 4) is 11.3 Å². The fourth-order valence-electron chi connectivity index (χ4n) is 4.08. The highest BCUT2D eigenvalue weighted by Crippen LogP contribution is 2.38. The number of aryl methyl sites for hydroxylation is 1. The number of nitrogens with one attached hydrogen (secondary N) is 1. The van der Waals surface area contributed by atoms with Crippen LogP contribution in [0.5, 0.6) is 0 Å². The van der Waals surface area contributed by atoms with Crippen molar-refractivity contribution < 1.29 is 27.2 Å². The van der Waals surface area contributed by atoms with Crippen LogP contribution in [-0.2, 0) is 11.0 Å². The lowest BCUT2D eigenvalue weighted by Gasteiger charge is -2.19. The number of alkyl halides is 4. The Bertz CT molecular complexity index is 1300. The summed E-state index contributed by atoms with van der Waals surface area (Å²) in [7, 11) is 0. The molecule has 0 unspecified atom stereocenters. The molecule has 186 valence electrons. The number of anilines is 1. The average molecular weight is 493 g/mol. The maximum Gasteiger partial charge on any atom is 0.418 e. The summed E-state index contributed by atoms with van der Waals surface area (Å²) in [4.78, 5) is 34.3. The zero-order valence-electron chi connectivity index (χ0n) is 19.1. The zero-order valence-corrected chi connectivity index (χ0v) is 19.1. The number of nitrogens with zero attached hydrogens (tertiary/aromatic N) is 5. The van der Waals surface area contributed by atoms with Crippen LogP contribution in [0.15, 0.2) is 24.7 Å². The first-order valence-corrected chi connectivity index (χ1v) is 10.8. The van der Waals surface area contributed by atoms with E-state index in [-0.39, 0.29) is 47.6 Å². The Hall–Kier alpha value is -3.77. The summed E-state index contributed by atoms with van der Waals surface area (Å²) in [6.45, 7) is 4.85. The minimum Gasteiger partial charge on any atom is -0.382 e. The maximum absolute atomic E-state index is 14.5. The number of hydrogen-bond acceptors (Lipinski definition) is 6. The van der Waals surface area contributed by atoms with Crippen LogP contribution >= 0.6 is 0 Å². The van der Waals surface area contributed by atoms with Crippen molar-refractivity contribution in [2.75, 3.05) is 18.8 Å². The van der Waals surface area contributed by atoms with Crippen LogP contribution in [0, 0.1) is 12.8 Å². The second-order valence-corrected chi connectivity index (χ2v) is 8.70. The van der Waals surface area contributed by atoms with Gasteiger partial charge in [-0.25, -0.2) is 13.9 Å². The van der Waals surface area contributed by atoms with Gasteiger partial charge in [0.1, 0.15) is 18.0 Å². The molecule has 1 fully saturated rings. The molecule has 35 heavy (non-hydrogen) atoms. The molecular formula is C22H23F4N7O2. The number of carbonyl (C=O) groups is 2. The number of carbonyl (C=O) groups excluding carboxylic acids is 2. The van der Waals surface area contributed by atoms with Crippen LogP contribution in [-0.4, -0.2) is 61.6 Å². The zero-order chi connectivity index (χ0) is 25.7. The first-order valence-electron chi connectivity index (χ1n) is 10.8. The van der Waals surface area contributed by atoms with E-state index in [1.165, 1.54) is 17.2 Å². The quantitative estimate of drug-likeness (QED) is 0.540. The predicted molar refractivity (Wildman–Crippen MR) is 118 cm³/mol. The van der Waals surface area contributed by atoms with E-state index in [0.717, 1.165) is 16.9 Å². The molecule has 1 saturated heterocycles. The van der Waals surface area contributed by atoms with E-state index < -0.39 is 35.4 Å². The molecule has 9 nitrogen and oxygen atoms in total. The van der Waals surface area contributed by atoms with Gasteiger partial charge in [-0.1, -0.05) is 13.8 Å². The third kappa shape index (κ3) is 4.49. The summed E-state index contributed by atoms with van der Waals surface area (Å²) in [6, 6.07) is 1.29. The van der Waals surface area contributed by atoms with Crippen molar-refractivity contribution in [1.82, 2.24) is 29.8 Å². The van der Waals surface area contributed by atoms with E-state index >= 15 is 0 Å². The van der Waals surface area contributed by atoms with Crippen LogP contribution in [0.3, 0.4) is 0 Å². The monoisotopic (exact) mass is 493 g/mol. The molecule has 0 saturated carbocycles. The van der Waals surface area contributed by atoms with Crippen molar-refractivity contribution in [1.29, 1.82) is 0 Å². The van der Waals surface area contributed by atoms with E-state index in [2.05, 4.69) is 20.4 Å². The number of hydrogen-bond donors (Lipinski definition) is 2. The molecule has 3 aromatic rings. The number of pyridine rings is 1. The predicted octanol–water partition coefficient (Wildman–Crippen LogP) is 2.64. The number of fused-ring (bicyclic) bond motifs is 1. The summed E-state index contributed by atoms with van der Waals surface area (Å²) in [6.07, 6.45) is -3.85. The van der Waals surface area contributed by atoms with Gasteiger partial charge in [0.05, 0.1) is 35.1 Å². The molecule has 0 spiro atoms. The normalized spacial score (nSPS) is 18.5. The van der Waals surface area contributed by atoms with E-state index in [1.807, 2.05) is 0 Å². The number of aromatic nitrogens is 4. The molecule has 1 aliphatic rings.